The molecule has 0 amide bonds. The van der Waals surface area contributed by atoms with E-state index in [1.165, 1.54) is 12.4 Å². The lowest BCUT2D eigenvalue weighted by Gasteiger charge is -1.99. The smallest absolute Gasteiger partial charge is 0.338 e. The minimum absolute atomic E-state index is 0.121. The Morgan fingerprint density at radius 2 is 2.12 bits per heavy atom. The highest BCUT2D eigenvalue weighted by Gasteiger charge is 2.19. The second-order valence-electron chi connectivity index (χ2n) is 3.49. The van der Waals surface area contributed by atoms with Crippen LogP contribution in [0.1, 0.15) is 10.4 Å². The summed E-state index contributed by atoms with van der Waals surface area (Å²) in [5.74, 6) is -1.03. The SMILES string of the molecule is O=C(O)c1cnncc1-c1c[nH][n+]2cc[nH]c12. The van der Waals surface area contributed by atoms with Crippen LogP contribution in [-0.4, -0.2) is 31.4 Å². The van der Waals surface area contributed by atoms with Crippen LogP contribution in [0, 0.1) is 0 Å². The molecule has 0 aromatic carbocycles. The predicted octanol–water partition coefficient (Wildman–Crippen LogP) is 0.237. The van der Waals surface area contributed by atoms with Crippen molar-refractivity contribution in [1.82, 2.24) is 20.3 Å². The number of fused-ring (bicyclic) bond motifs is 1. The van der Waals surface area contributed by atoms with Gasteiger partial charge in [-0.25, -0.2) is 14.9 Å². The normalized spacial score (nSPS) is 10.8. The lowest BCUT2D eigenvalue weighted by Crippen LogP contribution is -2.18. The number of H-pyrrole nitrogens is 2. The lowest BCUT2D eigenvalue weighted by atomic mass is 10.1. The van der Waals surface area contributed by atoms with Gasteiger partial charge in [0.2, 0.25) is 0 Å². The van der Waals surface area contributed by atoms with Crippen molar-refractivity contribution in [3.63, 3.8) is 0 Å². The van der Waals surface area contributed by atoms with Crippen molar-refractivity contribution < 1.29 is 14.4 Å². The molecule has 3 rings (SSSR count). The molecule has 0 bridgehead atoms. The standard InChI is InChI=1S/C10H7N5O2/c16-10(17)8-4-13-12-3-6(8)7-5-14-15-2-1-11-9(7)15/h1-5H,(H2,11,13,14,16,17)/p+1. The molecule has 0 spiro atoms. The van der Waals surface area contributed by atoms with Gasteiger partial charge in [-0.05, 0) is 0 Å². The molecule has 0 radical (unpaired) electrons. The maximum Gasteiger partial charge on any atom is 0.338 e. The van der Waals surface area contributed by atoms with Gasteiger partial charge in [-0.15, -0.1) is 4.52 Å². The monoisotopic (exact) mass is 230 g/mol. The zero-order valence-corrected chi connectivity index (χ0v) is 8.58. The second-order valence-corrected chi connectivity index (χ2v) is 3.49. The van der Waals surface area contributed by atoms with Gasteiger partial charge in [-0.2, -0.15) is 10.2 Å². The van der Waals surface area contributed by atoms with Crippen molar-refractivity contribution in [1.29, 1.82) is 0 Å². The number of aromatic nitrogens is 5. The van der Waals surface area contributed by atoms with E-state index in [2.05, 4.69) is 20.3 Å². The van der Waals surface area contributed by atoms with Crippen molar-refractivity contribution in [3.8, 4) is 11.1 Å². The number of nitrogens with one attached hydrogen (secondary N) is 2. The van der Waals surface area contributed by atoms with Crippen molar-refractivity contribution in [2.75, 3.05) is 0 Å². The molecule has 3 N–H and O–H groups in total. The highest BCUT2D eigenvalue weighted by atomic mass is 16.4. The Kier molecular flexibility index (Phi) is 1.91. The van der Waals surface area contributed by atoms with E-state index in [1.54, 1.807) is 23.1 Å². The van der Waals surface area contributed by atoms with E-state index >= 15 is 0 Å². The first kappa shape index (κ1) is 9.52. The Labute approximate surface area is 94.7 Å². The summed E-state index contributed by atoms with van der Waals surface area (Å²) < 4.78 is 1.75. The number of rotatable bonds is 2. The maximum absolute atomic E-state index is 11.1. The van der Waals surface area contributed by atoms with Crippen LogP contribution in [0.15, 0.2) is 31.0 Å². The highest BCUT2D eigenvalue weighted by Crippen LogP contribution is 2.23. The van der Waals surface area contributed by atoms with Crippen LogP contribution >= 0.6 is 0 Å². The van der Waals surface area contributed by atoms with Gasteiger partial charge >= 0.3 is 11.6 Å². The fourth-order valence-electron chi connectivity index (χ4n) is 1.76. The maximum atomic E-state index is 11.1. The van der Waals surface area contributed by atoms with Gasteiger partial charge < -0.3 is 5.11 Å². The zero-order chi connectivity index (χ0) is 11.8. The minimum Gasteiger partial charge on any atom is -0.478 e. The molecule has 84 valence electrons. The lowest BCUT2D eigenvalue weighted by molar-refractivity contribution is -0.574. The number of carboxylic acids is 1. The molecule has 7 heteroatoms. The molecular weight excluding hydrogens is 222 g/mol. The first-order valence-electron chi connectivity index (χ1n) is 4.88. The Morgan fingerprint density at radius 1 is 1.29 bits per heavy atom. The number of aromatic carboxylic acids is 1. The van der Waals surface area contributed by atoms with Gasteiger partial charge in [0.05, 0.1) is 29.7 Å². The first-order valence-corrected chi connectivity index (χ1v) is 4.88. The average Bonchev–Trinajstić information content (AvgIpc) is 2.90. The van der Waals surface area contributed by atoms with Gasteiger partial charge in [-0.1, -0.05) is 0 Å². The quantitative estimate of drug-likeness (QED) is 0.549. The molecule has 3 aromatic rings. The summed E-state index contributed by atoms with van der Waals surface area (Å²) in [5, 5.41) is 19.4. The molecule has 0 saturated carbocycles. The van der Waals surface area contributed by atoms with E-state index in [1.807, 2.05) is 0 Å². The number of carboxylic acid groups (broad SMARTS) is 1. The van der Waals surface area contributed by atoms with Crippen LogP contribution < -0.4 is 4.52 Å². The van der Waals surface area contributed by atoms with Crippen LogP contribution in [0.5, 0.6) is 0 Å². The van der Waals surface area contributed by atoms with Gasteiger partial charge in [0.25, 0.3) is 0 Å². The fourth-order valence-corrected chi connectivity index (χ4v) is 1.76. The summed E-state index contributed by atoms with van der Waals surface area (Å²) in [6.07, 6.45) is 7.95. The molecule has 3 heterocycles. The zero-order valence-electron chi connectivity index (χ0n) is 8.58. The molecule has 0 saturated heterocycles. The molecule has 0 aliphatic rings. The molecule has 0 aliphatic carbocycles. The van der Waals surface area contributed by atoms with Crippen molar-refractivity contribution in [2.24, 2.45) is 0 Å². The van der Waals surface area contributed by atoms with E-state index in [0.717, 1.165) is 11.2 Å². The van der Waals surface area contributed by atoms with Crippen LogP contribution in [0.25, 0.3) is 16.8 Å². The van der Waals surface area contributed by atoms with E-state index in [4.69, 9.17) is 5.11 Å². The summed E-state index contributed by atoms with van der Waals surface area (Å²) in [6, 6.07) is 0. The molecule has 3 aromatic heterocycles. The van der Waals surface area contributed by atoms with E-state index < -0.39 is 5.97 Å². The summed E-state index contributed by atoms with van der Waals surface area (Å²) in [4.78, 5) is 14.1. The second kappa shape index (κ2) is 3.41. The topological polar surface area (TPSA) is 98.8 Å². The van der Waals surface area contributed by atoms with Crippen molar-refractivity contribution in [3.05, 3.63) is 36.5 Å². The van der Waals surface area contributed by atoms with Gasteiger partial charge in [0, 0.05) is 5.56 Å². The van der Waals surface area contributed by atoms with E-state index in [9.17, 15) is 4.79 Å². The average molecular weight is 230 g/mol. The van der Waals surface area contributed by atoms with Gasteiger partial charge in [0.1, 0.15) is 6.20 Å². The van der Waals surface area contributed by atoms with Gasteiger partial charge in [-0.3, -0.25) is 0 Å². The largest absolute Gasteiger partial charge is 0.478 e. The van der Waals surface area contributed by atoms with Crippen LogP contribution in [0.3, 0.4) is 0 Å². The number of aromatic amines is 2. The summed E-state index contributed by atoms with van der Waals surface area (Å²) >= 11 is 0. The van der Waals surface area contributed by atoms with Crippen molar-refractivity contribution >= 4 is 11.6 Å². The highest BCUT2D eigenvalue weighted by molar-refractivity contribution is 5.96. The summed E-state index contributed by atoms with van der Waals surface area (Å²) in [6.45, 7) is 0. The number of hydrogen-bond acceptors (Lipinski definition) is 3. The Morgan fingerprint density at radius 3 is 2.94 bits per heavy atom. The minimum atomic E-state index is -1.03. The third-order valence-corrected chi connectivity index (χ3v) is 2.54. The molecule has 0 unspecified atom stereocenters. The van der Waals surface area contributed by atoms with Crippen molar-refractivity contribution in [2.45, 2.75) is 0 Å². The number of nitrogens with zero attached hydrogens (tertiary/aromatic N) is 3. The van der Waals surface area contributed by atoms with Crippen LogP contribution in [0.2, 0.25) is 0 Å². The molecule has 7 nitrogen and oxygen atoms in total. The Hall–Kier alpha value is -2.70. The molecule has 0 aliphatic heterocycles. The summed E-state index contributed by atoms with van der Waals surface area (Å²) in [5.41, 5.74) is 2.16. The van der Waals surface area contributed by atoms with E-state index in [-0.39, 0.29) is 5.56 Å². The predicted molar refractivity (Wildman–Crippen MR) is 56.3 cm³/mol. The molecule has 0 atom stereocenters. The third kappa shape index (κ3) is 1.36. The number of hydrogen-bond donors (Lipinski definition) is 3. The first-order chi connectivity index (χ1) is 8.27. The fraction of sp³-hybridized carbons (Fsp3) is 0. The number of carbonyl (C=O) groups is 1. The van der Waals surface area contributed by atoms with Gasteiger partial charge in [0.15, 0.2) is 6.20 Å². The molecular formula is C10H8N5O2+. The number of imidazole rings is 1. The van der Waals surface area contributed by atoms with E-state index in [0.29, 0.717) is 5.56 Å². The molecule has 0 fully saturated rings. The Bertz CT molecular complexity index is 699. The summed E-state index contributed by atoms with van der Waals surface area (Å²) in [7, 11) is 0. The van der Waals surface area contributed by atoms with Crippen LogP contribution in [-0.2, 0) is 0 Å². The Balaban J connectivity index is 2.29. The third-order valence-electron chi connectivity index (χ3n) is 2.54. The molecule has 17 heavy (non-hydrogen) atoms. The van der Waals surface area contributed by atoms with Crippen LogP contribution in [0.4, 0.5) is 0 Å².